The predicted octanol–water partition coefficient (Wildman–Crippen LogP) is 3.51. The molecule has 0 fully saturated rings. The highest BCUT2D eigenvalue weighted by molar-refractivity contribution is 6.31. The summed E-state index contributed by atoms with van der Waals surface area (Å²) >= 11 is 11.6. The van der Waals surface area contributed by atoms with Gasteiger partial charge in [0, 0.05) is 22.3 Å². The Morgan fingerprint density at radius 3 is 2.37 bits per heavy atom. The van der Waals surface area contributed by atoms with Gasteiger partial charge in [0.05, 0.1) is 5.56 Å². The number of hydrogen-bond donors (Lipinski definition) is 2. The second-order valence-electron chi connectivity index (χ2n) is 4.04. The summed E-state index contributed by atoms with van der Waals surface area (Å²) in [6.45, 7) is 0.405. The van der Waals surface area contributed by atoms with Crippen LogP contribution in [0.25, 0.3) is 0 Å². The molecule has 3 N–H and O–H groups in total. The predicted molar refractivity (Wildman–Crippen MR) is 78.5 cm³/mol. The van der Waals surface area contributed by atoms with Gasteiger partial charge in [0.2, 0.25) is 0 Å². The van der Waals surface area contributed by atoms with E-state index in [1.165, 1.54) is 0 Å². The lowest BCUT2D eigenvalue weighted by molar-refractivity contribution is 0.0952. The normalized spacial score (nSPS) is 10.2. The summed E-state index contributed by atoms with van der Waals surface area (Å²) in [6, 6.07) is 12.1. The van der Waals surface area contributed by atoms with Crippen molar-refractivity contribution in [3.8, 4) is 0 Å². The molecule has 0 radical (unpaired) electrons. The topological polar surface area (TPSA) is 55.1 Å². The summed E-state index contributed by atoms with van der Waals surface area (Å²) in [5, 5.41) is 3.92. The molecule has 19 heavy (non-hydrogen) atoms. The zero-order valence-corrected chi connectivity index (χ0v) is 11.5. The van der Waals surface area contributed by atoms with Crippen LogP contribution in [-0.2, 0) is 6.54 Å². The maximum absolute atomic E-state index is 12.0. The van der Waals surface area contributed by atoms with Gasteiger partial charge in [-0.05, 0) is 35.9 Å². The summed E-state index contributed by atoms with van der Waals surface area (Å²) in [4.78, 5) is 12.0. The molecule has 0 saturated heterocycles. The highest BCUT2D eigenvalue weighted by atomic mass is 35.5. The van der Waals surface area contributed by atoms with E-state index in [0.29, 0.717) is 27.8 Å². The molecule has 0 aromatic heterocycles. The molecule has 5 heteroatoms. The van der Waals surface area contributed by atoms with Crippen LogP contribution in [0.4, 0.5) is 5.69 Å². The molecular formula is C14H12Cl2N2O. The minimum atomic E-state index is -0.255. The van der Waals surface area contributed by atoms with Crippen LogP contribution >= 0.6 is 23.2 Å². The van der Waals surface area contributed by atoms with Gasteiger partial charge < -0.3 is 11.1 Å². The van der Waals surface area contributed by atoms with Gasteiger partial charge in [-0.25, -0.2) is 0 Å². The van der Waals surface area contributed by atoms with Crippen molar-refractivity contribution in [1.82, 2.24) is 5.32 Å². The van der Waals surface area contributed by atoms with E-state index in [0.717, 1.165) is 5.56 Å². The first kappa shape index (κ1) is 13.7. The van der Waals surface area contributed by atoms with Crippen LogP contribution in [0.15, 0.2) is 42.5 Å². The Labute approximate surface area is 121 Å². The van der Waals surface area contributed by atoms with Crippen molar-refractivity contribution in [3.63, 3.8) is 0 Å². The van der Waals surface area contributed by atoms with E-state index in [1.54, 1.807) is 30.3 Å². The Balaban J connectivity index is 2.05. The van der Waals surface area contributed by atoms with E-state index >= 15 is 0 Å². The average molecular weight is 295 g/mol. The summed E-state index contributed by atoms with van der Waals surface area (Å²) in [7, 11) is 0. The highest BCUT2D eigenvalue weighted by Crippen LogP contribution is 2.18. The van der Waals surface area contributed by atoms with Gasteiger partial charge in [-0.3, -0.25) is 4.79 Å². The molecular weight excluding hydrogens is 283 g/mol. The van der Waals surface area contributed by atoms with Crippen molar-refractivity contribution in [3.05, 3.63) is 63.6 Å². The van der Waals surface area contributed by atoms with Gasteiger partial charge in [-0.15, -0.1) is 0 Å². The molecule has 0 aliphatic carbocycles. The second kappa shape index (κ2) is 5.95. The minimum absolute atomic E-state index is 0.255. The third kappa shape index (κ3) is 3.63. The SMILES string of the molecule is Nc1ccc(Cl)cc1C(=O)NCc1ccc(Cl)cc1. The first-order valence-electron chi connectivity index (χ1n) is 5.64. The largest absolute Gasteiger partial charge is 0.398 e. The smallest absolute Gasteiger partial charge is 0.253 e. The van der Waals surface area contributed by atoms with Crippen LogP contribution in [0, 0.1) is 0 Å². The highest BCUT2D eigenvalue weighted by Gasteiger charge is 2.09. The van der Waals surface area contributed by atoms with Crippen LogP contribution < -0.4 is 11.1 Å². The molecule has 2 aromatic carbocycles. The van der Waals surface area contributed by atoms with E-state index in [4.69, 9.17) is 28.9 Å². The zero-order valence-electron chi connectivity index (χ0n) is 9.99. The first-order valence-corrected chi connectivity index (χ1v) is 6.39. The number of nitrogens with one attached hydrogen (secondary N) is 1. The Morgan fingerprint density at radius 1 is 1.05 bits per heavy atom. The van der Waals surface area contributed by atoms with E-state index in [2.05, 4.69) is 5.32 Å². The molecule has 0 aliphatic rings. The van der Waals surface area contributed by atoms with Crippen molar-refractivity contribution >= 4 is 34.8 Å². The van der Waals surface area contributed by atoms with Gasteiger partial charge in [-0.2, -0.15) is 0 Å². The van der Waals surface area contributed by atoms with Crippen LogP contribution in [0.5, 0.6) is 0 Å². The lowest BCUT2D eigenvalue weighted by Crippen LogP contribution is -2.23. The van der Waals surface area contributed by atoms with E-state index in [-0.39, 0.29) is 5.91 Å². The van der Waals surface area contributed by atoms with Crippen molar-refractivity contribution in [2.45, 2.75) is 6.54 Å². The fourth-order valence-electron chi connectivity index (χ4n) is 1.60. The number of carbonyl (C=O) groups is 1. The van der Waals surface area contributed by atoms with Crippen molar-refractivity contribution < 1.29 is 4.79 Å². The monoisotopic (exact) mass is 294 g/mol. The summed E-state index contributed by atoms with van der Waals surface area (Å²) in [5.74, 6) is -0.255. The van der Waals surface area contributed by atoms with E-state index < -0.39 is 0 Å². The third-order valence-corrected chi connectivity index (χ3v) is 3.11. The van der Waals surface area contributed by atoms with Crippen LogP contribution in [0.3, 0.4) is 0 Å². The van der Waals surface area contributed by atoms with Crippen LogP contribution in [0.2, 0.25) is 10.0 Å². The maximum Gasteiger partial charge on any atom is 0.253 e. The summed E-state index contributed by atoms with van der Waals surface area (Å²) < 4.78 is 0. The molecule has 0 saturated carbocycles. The lowest BCUT2D eigenvalue weighted by atomic mass is 10.1. The number of carbonyl (C=O) groups excluding carboxylic acids is 1. The quantitative estimate of drug-likeness (QED) is 0.851. The molecule has 0 bridgehead atoms. The number of amides is 1. The standard InChI is InChI=1S/C14H12Cl2N2O/c15-10-3-1-9(2-4-10)8-18-14(19)12-7-11(16)5-6-13(12)17/h1-7H,8,17H2,(H,18,19). The van der Waals surface area contributed by atoms with Gasteiger partial charge >= 0.3 is 0 Å². The molecule has 0 spiro atoms. The maximum atomic E-state index is 12.0. The van der Waals surface area contributed by atoms with Gasteiger partial charge in [-0.1, -0.05) is 35.3 Å². The van der Waals surface area contributed by atoms with Gasteiger partial charge in [0.1, 0.15) is 0 Å². The van der Waals surface area contributed by atoms with Gasteiger partial charge in [0.15, 0.2) is 0 Å². The van der Waals surface area contributed by atoms with Gasteiger partial charge in [0.25, 0.3) is 5.91 Å². The number of hydrogen-bond acceptors (Lipinski definition) is 2. The molecule has 98 valence electrons. The van der Waals surface area contributed by atoms with Crippen molar-refractivity contribution in [1.29, 1.82) is 0 Å². The van der Waals surface area contributed by atoms with E-state index in [9.17, 15) is 4.79 Å². The fraction of sp³-hybridized carbons (Fsp3) is 0.0714. The number of rotatable bonds is 3. The number of anilines is 1. The molecule has 0 unspecified atom stereocenters. The fourth-order valence-corrected chi connectivity index (χ4v) is 1.90. The summed E-state index contributed by atoms with van der Waals surface area (Å²) in [5.41, 5.74) is 7.48. The molecule has 0 aliphatic heterocycles. The third-order valence-electron chi connectivity index (χ3n) is 2.63. The number of nitrogen functional groups attached to an aromatic ring is 1. The Hall–Kier alpha value is -1.71. The number of benzene rings is 2. The van der Waals surface area contributed by atoms with Crippen molar-refractivity contribution in [2.75, 3.05) is 5.73 Å². The Morgan fingerprint density at radius 2 is 1.68 bits per heavy atom. The molecule has 1 amide bonds. The first-order chi connectivity index (χ1) is 9.06. The van der Waals surface area contributed by atoms with Crippen LogP contribution in [-0.4, -0.2) is 5.91 Å². The Kier molecular flexibility index (Phi) is 4.30. The van der Waals surface area contributed by atoms with Crippen LogP contribution in [0.1, 0.15) is 15.9 Å². The zero-order chi connectivity index (χ0) is 13.8. The minimum Gasteiger partial charge on any atom is -0.398 e. The lowest BCUT2D eigenvalue weighted by Gasteiger charge is -2.08. The van der Waals surface area contributed by atoms with E-state index in [1.807, 2.05) is 12.1 Å². The number of nitrogens with two attached hydrogens (primary N) is 1. The molecule has 2 rings (SSSR count). The Bertz CT molecular complexity index is 597. The molecule has 2 aromatic rings. The molecule has 0 atom stereocenters. The number of halogens is 2. The second-order valence-corrected chi connectivity index (χ2v) is 4.91. The van der Waals surface area contributed by atoms with Crippen molar-refractivity contribution in [2.24, 2.45) is 0 Å². The average Bonchev–Trinajstić information content (AvgIpc) is 2.40. The molecule has 3 nitrogen and oxygen atoms in total. The summed E-state index contributed by atoms with van der Waals surface area (Å²) in [6.07, 6.45) is 0. The molecule has 0 heterocycles.